The van der Waals surface area contributed by atoms with Crippen molar-refractivity contribution in [3.05, 3.63) is 92.2 Å². The summed E-state index contributed by atoms with van der Waals surface area (Å²) in [5.41, 5.74) is -0.552. The summed E-state index contributed by atoms with van der Waals surface area (Å²) < 4.78 is 46.5. The molecule has 0 fully saturated rings. The van der Waals surface area contributed by atoms with Gasteiger partial charge in [0.1, 0.15) is 0 Å². The second-order valence-electron chi connectivity index (χ2n) is 7.87. The number of para-hydroxylation sites is 1. The molecular formula is C25H18Cl2F3N3O2. The number of rotatable bonds is 5. The van der Waals surface area contributed by atoms with E-state index >= 15 is 0 Å². The first-order valence-electron chi connectivity index (χ1n) is 10.4. The lowest BCUT2D eigenvalue weighted by Crippen LogP contribution is -2.20. The van der Waals surface area contributed by atoms with Crippen molar-refractivity contribution in [2.45, 2.75) is 26.1 Å². The number of hydrogen-bond acceptors (Lipinski definition) is 4. The van der Waals surface area contributed by atoms with Crippen molar-refractivity contribution in [2.75, 3.05) is 0 Å². The standard InChI is InChI=1S/C25H18Cl2F3N3O2/c1-14(2)35-22-19(26)10-15(11-20(22)27)13-31-33-23(16-6-5-7-17(12-16)25(28,29)30)32-21-9-4-3-8-18(21)24(33)34/h3-14H,1-2H3. The van der Waals surface area contributed by atoms with Crippen molar-refractivity contribution in [1.82, 2.24) is 9.66 Å². The number of fused-ring (bicyclic) bond motifs is 1. The van der Waals surface area contributed by atoms with Crippen LogP contribution in [0.2, 0.25) is 10.0 Å². The topological polar surface area (TPSA) is 56.5 Å². The molecule has 10 heteroatoms. The van der Waals surface area contributed by atoms with E-state index in [2.05, 4.69) is 10.1 Å². The first-order valence-corrected chi connectivity index (χ1v) is 11.2. The highest BCUT2D eigenvalue weighted by Gasteiger charge is 2.31. The van der Waals surface area contributed by atoms with Crippen molar-refractivity contribution in [3.8, 4) is 17.1 Å². The van der Waals surface area contributed by atoms with Crippen LogP contribution in [0, 0.1) is 0 Å². The van der Waals surface area contributed by atoms with Crippen LogP contribution in [-0.2, 0) is 6.18 Å². The number of halogens is 5. The van der Waals surface area contributed by atoms with Gasteiger partial charge in [-0.25, -0.2) is 4.98 Å². The maximum absolute atomic E-state index is 13.3. The van der Waals surface area contributed by atoms with E-state index in [1.54, 1.807) is 36.4 Å². The Morgan fingerprint density at radius 3 is 2.37 bits per heavy atom. The van der Waals surface area contributed by atoms with Crippen LogP contribution in [0.25, 0.3) is 22.3 Å². The number of alkyl halides is 3. The smallest absolute Gasteiger partial charge is 0.416 e. The summed E-state index contributed by atoms with van der Waals surface area (Å²) in [6.07, 6.45) is -3.39. The molecule has 3 aromatic carbocycles. The predicted octanol–water partition coefficient (Wildman–Crippen LogP) is 7.06. The number of ether oxygens (including phenoxy) is 1. The molecule has 180 valence electrons. The van der Waals surface area contributed by atoms with Crippen LogP contribution < -0.4 is 10.3 Å². The molecule has 35 heavy (non-hydrogen) atoms. The fourth-order valence-corrected chi connectivity index (χ4v) is 3.97. The summed E-state index contributed by atoms with van der Waals surface area (Å²) in [6.45, 7) is 3.66. The highest BCUT2D eigenvalue weighted by molar-refractivity contribution is 6.37. The molecule has 0 radical (unpaired) electrons. The Morgan fingerprint density at radius 2 is 1.71 bits per heavy atom. The summed E-state index contributed by atoms with van der Waals surface area (Å²) in [7, 11) is 0. The Morgan fingerprint density at radius 1 is 1.03 bits per heavy atom. The van der Waals surface area contributed by atoms with E-state index in [-0.39, 0.29) is 32.9 Å². The Hall–Kier alpha value is -3.36. The number of nitrogens with zero attached hydrogens (tertiary/aromatic N) is 3. The van der Waals surface area contributed by atoms with Gasteiger partial charge in [0, 0.05) is 5.56 Å². The van der Waals surface area contributed by atoms with Crippen molar-refractivity contribution >= 4 is 40.3 Å². The maximum Gasteiger partial charge on any atom is 0.416 e. The summed E-state index contributed by atoms with van der Waals surface area (Å²) >= 11 is 12.6. The minimum atomic E-state index is -4.56. The van der Waals surface area contributed by atoms with Gasteiger partial charge >= 0.3 is 6.18 Å². The van der Waals surface area contributed by atoms with Crippen molar-refractivity contribution < 1.29 is 17.9 Å². The zero-order valence-corrected chi connectivity index (χ0v) is 20.0. The lowest BCUT2D eigenvalue weighted by atomic mass is 10.1. The third-order valence-corrected chi connectivity index (χ3v) is 5.46. The molecule has 0 bridgehead atoms. The summed E-state index contributed by atoms with van der Waals surface area (Å²) in [5.74, 6) is 0.266. The highest BCUT2D eigenvalue weighted by atomic mass is 35.5. The van der Waals surface area contributed by atoms with Crippen LogP contribution in [0.15, 0.2) is 70.6 Å². The number of benzene rings is 3. The summed E-state index contributed by atoms with van der Waals surface area (Å²) in [4.78, 5) is 17.7. The second-order valence-corrected chi connectivity index (χ2v) is 8.69. The van der Waals surface area contributed by atoms with E-state index in [9.17, 15) is 18.0 Å². The van der Waals surface area contributed by atoms with Gasteiger partial charge < -0.3 is 4.74 Å². The second kappa shape index (κ2) is 9.71. The van der Waals surface area contributed by atoms with Crippen LogP contribution in [-0.4, -0.2) is 22.0 Å². The van der Waals surface area contributed by atoms with Crippen molar-refractivity contribution in [2.24, 2.45) is 5.10 Å². The monoisotopic (exact) mass is 519 g/mol. The molecule has 0 N–H and O–H groups in total. The summed E-state index contributed by atoms with van der Waals surface area (Å²) in [6, 6.07) is 14.2. The molecule has 0 atom stereocenters. The van der Waals surface area contributed by atoms with Gasteiger partial charge in [-0.05, 0) is 55.8 Å². The lowest BCUT2D eigenvalue weighted by Gasteiger charge is -2.14. The van der Waals surface area contributed by atoms with E-state index in [4.69, 9.17) is 27.9 Å². The summed E-state index contributed by atoms with van der Waals surface area (Å²) in [5, 5.41) is 5.00. The average Bonchev–Trinajstić information content (AvgIpc) is 2.80. The van der Waals surface area contributed by atoms with Crippen molar-refractivity contribution in [3.63, 3.8) is 0 Å². The van der Waals surface area contributed by atoms with Crippen LogP contribution >= 0.6 is 23.2 Å². The highest BCUT2D eigenvalue weighted by Crippen LogP contribution is 2.35. The molecule has 0 spiro atoms. The molecule has 0 amide bonds. The number of hydrogen-bond donors (Lipinski definition) is 0. The number of aromatic nitrogens is 2. The van der Waals surface area contributed by atoms with Crippen LogP contribution in [0.4, 0.5) is 13.2 Å². The van der Waals surface area contributed by atoms with Gasteiger partial charge in [-0.2, -0.15) is 22.9 Å². The van der Waals surface area contributed by atoms with Gasteiger partial charge in [0.15, 0.2) is 11.6 Å². The molecule has 4 rings (SSSR count). The molecule has 0 aliphatic rings. The zero-order chi connectivity index (χ0) is 25.3. The Balaban J connectivity index is 1.87. The molecule has 0 saturated heterocycles. The normalized spacial score (nSPS) is 12.1. The zero-order valence-electron chi connectivity index (χ0n) is 18.5. The predicted molar refractivity (Wildman–Crippen MR) is 132 cm³/mol. The van der Waals surface area contributed by atoms with E-state index < -0.39 is 17.3 Å². The molecule has 0 unspecified atom stereocenters. The lowest BCUT2D eigenvalue weighted by molar-refractivity contribution is -0.137. The van der Waals surface area contributed by atoms with Gasteiger partial charge in [-0.1, -0.05) is 47.5 Å². The minimum Gasteiger partial charge on any atom is -0.488 e. The fourth-order valence-electron chi connectivity index (χ4n) is 3.38. The molecule has 5 nitrogen and oxygen atoms in total. The third-order valence-electron chi connectivity index (χ3n) is 4.90. The molecule has 0 saturated carbocycles. The first-order chi connectivity index (χ1) is 16.5. The maximum atomic E-state index is 13.3. The molecule has 0 aliphatic heterocycles. The van der Waals surface area contributed by atoms with Gasteiger partial charge in [0.25, 0.3) is 5.56 Å². The van der Waals surface area contributed by atoms with Crippen LogP contribution in [0.3, 0.4) is 0 Å². The largest absolute Gasteiger partial charge is 0.488 e. The Kier molecular flexibility index (Phi) is 6.87. The Labute approximate surface area is 208 Å². The van der Waals surface area contributed by atoms with Gasteiger partial charge in [0.05, 0.1) is 38.8 Å². The molecule has 0 aliphatic carbocycles. The third kappa shape index (κ3) is 5.33. The van der Waals surface area contributed by atoms with Gasteiger partial charge in [-0.3, -0.25) is 4.79 Å². The SMILES string of the molecule is CC(C)Oc1c(Cl)cc(C=Nn2c(-c3cccc(C(F)(F)F)c3)nc3ccccc3c2=O)cc1Cl. The Bertz CT molecular complexity index is 1470. The van der Waals surface area contributed by atoms with E-state index in [0.717, 1.165) is 16.8 Å². The van der Waals surface area contributed by atoms with Gasteiger partial charge in [-0.15, -0.1) is 0 Å². The molecular weight excluding hydrogens is 502 g/mol. The van der Waals surface area contributed by atoms with E-state index in [1.165, 1.54) is 18.3 Å². The molecule has 1 aromatic heterocycles. The van der Waals surface area contributed by atoms with Crippen molar-refractivity contribution in [1.29, 1.82) is 0 Å². The molecule has 4 aromatic rings. The fraction of sp³-hybridized carbons (Fsp3) is 0.160. The van der Waals surface area contributed by atoms with Crippen LogP contribution in [0.1, 0.15) is 25.0 Å². The van der Waals surface area contributed by atoms with Gasteiger partial charge in [0.2, 0.25) is 0 Å². The average molecular weight is 520 g/mol. The van der Waals surface area contributed by atoms with E-state index in [1.807, 2.05) is 13.8 Å². The quantitative estimate of drug-likeness (QED) is 0.265. The molecule has 1 heterocycles. The first kappa shape index (κ1) is 24.8. The van der Waals surface area contributed by atoms with Crippen LogP contribution in [0.5, 0.6) is 5.75 Å². The van der Waals surface area contributed by atoms with E-state index in [0.29, 0.717) is 16.8 Å². The minimum absolute atomic E-state index is 0.0481.